The first-order chi connectivity index (χ1) is 9.56. The zero-order valence-electron chi connectivity index (χ0n) is 11.5. The van der Waals surface area contributed by atoms with Gasteiger partial charge in [0.15, 0.2) is 0 Å². The molecule has 2 amide bonds. The van der Waals surface area contributed by atoms with Crippen LogP contribution in [0.15, 0.2) is 24.3 Å². The third-order valence-electron chi connectivity index (χ3n) is 3.13. The maximum absolute atomic E-state index is 12.0. The molecule has 5 nitrogen and oxygen atoms in total. The summed E-state index contributed by atoms with van der Waals surface area (Å²) >= 11 is 0. The minimum atomic E-state index is -0.470. The van der Waals surface area contributed by atoms with Crippen LogP contribution in [0, 0.1) is 6.92 Å². The number of primary amides is 1. The maximum Gasteiger partial charge on any atom is 0.248 e. The topological polar surface area (TPSA) is 72.6 Å². The molecule has 106 valence electrons. The fraction of sp³-hybridized carbons (Fsp3) is 0.333. The second kappa shape index (κ2) is 6.34. The van der Waals surface area contributed by atoms with Gasteiger partial charge in [0.25, 0.3) is 0 Å². The average Bonchev–Trinajstić information content (AvgIpc) is 2.45. The number of benzene rings is 1. The first kappa shape index (κ1) is 14.3. The second-order valence-corrected chi connectivity index (χ2v) is 4.77. The molecule has 0 aromatic heterocycles. The summed E-state index contributed by atoms with van der Waals surface area (Å²) in [7, 11) is 0. The van der Waals surface area contributed by atoms with Crippen LogP contribution in [0.5, 0.6) is 0 Å². The van der Waals surface area contributed by atoms with Crippen LogP contribution in [0.4, 0.5) is 0 Å². The highest BCUT2D eigenvalue weighted by atomic mass is 16.5. The van der Waals surface area contributed by atoms with Gasteiger partial charge in [0.2, 0.25) is 11.8 Å². The molecule has 0 atom stereocenters. The SMILES string of the molecule is Cc1cc(C=CC(=O)N2CCOCC2)cc(C(N)=O)c1. The van der Waals surface area contributed by atoms with Gasteiger partial charge >= 0.3 is 0 Å². The van der Waals surface area contributed by atoms with E-state index in [0.29, 0.717) is 31.9 Å². The standard InChI is InChI=1S/C15H18N2O3/c1-11-8-12(10-13(9-11)15(16)19)2-3-14(18)17-4-6-20-7-5-17/h2-3,8-10H,4-7H2,1H3,(H2,16,19). The normalized spacial score (nSPS) is 15.6. The van der Waals surface area contributed by atoms with E-state index < -0.39 is 5.91 Å². The maximum atomic E-state index is 12.0. The lowest BCUT2D eigenvalue weighted by atomic mass is 10.1. The van der Waals surface area contributed by atoms with Gasteiger partial charge < -0.3 is 15.4 Å². The minimum Gasteiger partial charge on any atom is -0.378 e. The van der Waals surface area contributed by atoms with Crippen molar-refractivity contribution in [2.45, 2.75) is 6.92 Å². The molecule has 1 saturated heterocycles. The number of aryl methyl sites for hydroxylation is 1. The summed E-state index contributed by atoms with van der Waals surface area (Å²) in [6, 6.07) is 5.30. The number of nitrogens with two attached hydrogens (primary N) is 1. The third kappa shape index (κ3) is 3.68. The van der Waals surface area contributed by atoms with Crippen molar-refractivity contribution in [3.8, 4) is 0 Å². The summed E-state index contributed by atoms with van der Waals surface area (Å²) in [5.74, 6) is -0.515. The molecule has 0 radical (unpaired) electrons. The Morgan fingerprint density at radius 2 is 1.95 bits per heavy atom. The Balaban J connectivity index is 2.10. The van der Waals surface area contributed by atoms with Crippen molar-refractivity contribution in [3.63, 3.8) is 0 Å². The molecule has 2 N–H and O–H groups in total. The molecule has 1 fully saturated rings. The van der Waals surface area contributed by atoms with E-state index in [0.717, 1.165) is 11.1 Å². The van der Waals surface area contributed by atoms with Gasteiger partial charge in [-0.15, -0.1) is 0 Å². The van der Waals surface area contributed by atoms with Crippen molar-refractivity contribution in [2.24, 2.45) is 5.73 Å². The van der Waals surface area contributed by atoms with E-state index >= 15 is 0 Å². The zero-order chi connectivity index (χ0) is 14.5. The van der Waals surface area contributed by atoms with Gasteiger partial charge in [-0.05, 0) is 36.3 Å². The van der Waals surface area contributed by atoms with Gasteiger partial charge in [0, 0.05) is 24.7 Å². The molecule has 0 spiro atoms. The number of amides is 2. The minimum absolute atomic E-state index is 0.0459. The molecule has 1 aromatic rings. The summed E-state index contributed by atoms with van der Waals surface area (Å²) in [5.41, 5.74) is 7.44. The van der Waals surface area contributed by atoms with Crippen LogP contribution < -0.4 is 5.73 Å². The highest BCUT2D eigenvalue weighted by molar-refractivity contribution is 5.95. The number of carbonyl (C=O) groups excluding carboxylic acids is 2. The number of carbonyl (C=O) groups is 2. The van der Waals surface area contributed by atoms with Gasteiger partial charge in [-0.2, -0.15) is 0 Å². The Hall–Kier alpha value is -2.14. The number of hydrogen-bond donors (Lipinski definition) is 1. The number of ether oxygens (including phenoxy) is 1. The Kier molecular flexibility index (Phi) is 4.53. The highest BCUT2D eigenvalue weighted by Crippen LogP contribution is 2.11. The number of morpholine rings is 1. The van der Waals surface area contributed by atoms with Crippen LogP contribution in [0.1, 0.15) is 21.5 Å². The number of hydrogen-bond acceptors (Lipinski definition) is 3. The Morgan fingerprint density at radius 1 is 1.25 bits per heavy atom. The van der Waals surface area contributed by atoms with E-state index in [-0.39, 0.29) is 5.91 Å². The van der Waals surface area contributed by atoms with Crippen molar-refractivity contribution < 1.29 is 14.3 Å². The van der Waals surface area contributed by atoms with Crippen LogP contribution >= 0.6 is 0 Å². The fourth-order valence-corrected chi connectivity index (χ4v) is 2.11. The molecule has 20 heavy (non-hydrogen) atoms. The van der Waals surface area contributed by atoms with Crippen molar-refractivity contribution in [1.29, 1.82) is 0 Å². The summed E-state index contributed by atoms with van der Waals surface area (Å²) in [6.07, 6.45) is 3.22. The molecule has 1 aliphatic rings. The lowest BCUT2D eigenvalue weighted by Gasteiger charge is -2.25. The molecule has 0 unspecified atom stereocenters. The van der Waals surface area contributed by atoms with E-state index in [2.05, 4.69) is 0 Å². The van der Waals surface area contributed by atoms with Crippen molar-refractivity contribution >= 4 is 17.9 Å². The van der Waals surface area contributed by atoms with E-state index in [9.17, 15) is 9.59 Å². The van der Waals surface area contributed by atoms with Gasteiger partial charge in [-0.25, -0.2) is 0 Å². The predicted molar refractivity (Wildman–Crippen MR) is 76.1 cm³/mol. The van der Waals surface area contributed by atoms with Crippen LogP contribution in [0.25, 0.3) is 6.08 Å². The Bertz CT molecular complexity index is 546. The summed E-state index contributed by atoms with van der Waals surface area (Å²) < 4.78 is 5.20. The van der Waals surface area contributed by atoms with Crippen LogP contribution in [-0.4, -0.2) is 43.0 Å². The number of rotatable bonds is 3. The Labute approximate surface area is 118 Å². The van der Waals surface area contributed by atoms with Gasteiger partial charge in [-0.1, -0.05) is 6.07 Å². The van der Waals surface area contributed by atoms with Crippen LogP contribution in [0.2, 0.25) is 0 Å². The fourth-order valence-electron chi connectivity index (χ4n) is 2.11. The predicted octanol–water partition coefficient (Wildman–Crippen LogP) is 0.966. The van der Waals surface area contributed by atoms with E-state index in [1.807, 2.05) is 13.0 Å². The van der Waals surface area contributed by atoms with Crippen LogP contribution in [0.3, 0.4) is 0 Å². The van der Waals surface area contributed by atoms with Crippen LogP contribution in [-0.2, 0) is 9.53 Å². The summed E-state index contributed by atoms with van der Waals surface area (Å²) in [6.45, 7) is 4.27. The summed E-state index contributed by atoms with van der Waals surface area (Å²) in [5, 5.41) is 0. The quantitative estimate of drug-likeness (QED) is 0.835. The third-order valence-corrected chi connectivity index (χ3v) is 3.13. The van der Waals surface area contributed by atoms with Gasteiger partial charge in [0.1, 0.15) is 0 Å². The molecule has 0 saturated carbocycles. The lowest BCUT2D eigenvalue weighted by Crippen LogP contribution is -2.39. The first-order valence-corrected chi connectivity index (χ1v) is 6.52. The molecule has 2 rings (SSSR count). The lowest BCUT2D eigenvalue weighted by molar-refractivity contribution is -0.129. The monoisotopic (exact) mass is 274 g/mol. The molecular formula is C15H18N2O3. The van der Waals surface area contributed by atoms with E-state index in [4.69, 9.17) is 10.5 Å². The van der Waals surface area contributed by atoms with Gasteiger partial charge in [-0.3, -0.25) is 9.59 Å². The molecule has 0 bridgehead atoms. The molecule has 1 aromatic carbocycles. The summed E-state index contributed by atoms with van der Waals surface area (Å²) in [4.78, 5) is 24.9. The van der Waals surface area contributed by atoms with E-state index in [1.54, 1.807) is 23.1 Å². The molecule has 1 aliphatic heterocycles. The zero-order valence-corrected chi connectivity index (χ0v) is 11.5. The Morgan fingerprint density at radius 3 is 2.60 bits per heavy atom. The average molecular weight is 274 g/mol. The highest BCUT2D eigenvalue weighted by Gasteiger charge is 2.14. The largest absolute Gasteiger partial charge is 0.378 e. The van der Waals surface area contributed by atoms with Gasteiger partial charge in [0.05, 0.1) is 13.2 Å². The molecule has 0 aliphatic carbocycles. The molecular weight excluding hydrogens is 256 g/mol. The smallest absolute Gasteiger partial charge is 0.248 e. The van der Waals surface area contributed by atoms with Crippen molar-refractivity contribution in [2.75, 3.05) is 26.3 Å². The van der Waals surface area contributed by atoms with Crippen molar-refractivity contribution in [1.82, 2.24) is 4.90 Å². The molecule has 1 heterocycles. The van der Waals surface area contributed by atoms with E-state index in [1.165, 1.54) is 6.08 Å². The second-order valence-electron chi connectivity index (χ2n) is 4.77. The van der Waals surface area contributed by atoms with Crippen molar-refractivity contribution in [3.05, 3.63) is 41.0 Å². The first-order valence-electron chi connectivity index (χ1n) is 6.52. The molecule has 5 heteroatoms. The number of nitrogens with zero attached hydrogens (tertiary/aromatic N) is 1.